The largest absolute Gasteiger partial charge is 0.539 e. The fourth-order valence-corrected chi connectivity index (χ4v) is 2.82. The van der Waals surface area contributed by atoms with Gasteiger partial charge in [-0.05, 0) is 25.5 Å². The van der Waals surface area contributed by atoms with Crippen LogP contribution in [0.2, 0.25) is 0 Å². The van der Waals surface area contributed by atoms with Crippen molar-refractivity contribution in [2.75, 3.05) is 5.75 Å². The molecule has 0 amide bonds. The Morgan fingerprint density at radius 3 is 2.86 bits per heavy atom. The standard InChI is InChI=1S/C13H12N4O3S/c1-7-4-8(2)15-12(9(7)5-14)21-6-10(18)11-13(19)20-16-17(11)3/h4H,6H2,1-3H3. The molecule has 0 spiro atoms. The molecule has 0 aromatic carbocycles. The summed E-state index contributed by atoms with van der Waals surface area (Å²) in [4.78, 5) is 16.3. The van der Waals surface area contributed by atoms with Gasteiger partial charge in [-0.1, -0.05) is 16.4 Å². The van der Waals surface area contributed by atoms with E-state index in [2.05, 4.69) is 20.8 Å². The van der Waals surface area contributed by atoms with E-state index in [1.165, 1.54) is 7.05 Å². The van der Waals surface area contributed by atoms with Crippen molar-refractivity contribution in [1.82, 2.24) is 10.3 Å². The number of pyridine rings is 1. The first-order valence-electron chi connectivity index (χ1n) is 6.01. The zero-order chi connectivity index (χ0) is 15.6. The Balaban J connectivity index is 2.21. The molecule has 2 rings (SSSR count). The smallest absolute Gasteiger partial charge is 0.300 e. The first-order chi connectivity index (χ1) is 9.93. The second-order valence-electron chi connectivity index (χ2n) is 4.42. The van der Waals surface area contributed by atoms with E-state index < -0.39 is 11.7 Å². The van der Waals surface area contributed by atoms with Gasteiger partial charge in [0, 0.05) is 5.69 Å². The molecule has 2 heterocycles. The van der Waals surface area contributed by atoms with Gasteiger partial charge in [-0.3, -0.25) is 4.79 Å². The number of ketones is 1. The summed E-state index contributed by atoms with van der Waals surface area (Å²) >= 11 is 1.12. The minimum absolute atomic E-state index is 0.0190. The minimum atomic E-state index is -0.767. The van der Waals surface area contributed by atoms with Crippen molar-refractivity contribution in [3.8, 4) is 12.0 Å². The number of carbonyl (C=O) groups is 1. The lowest BCUT2D eigenvalue weighted by Gasteiger charge is -2.06. The Bertz CT molecular complexity index is 729. The molecular weight excluding hydrogens is 292 g/mol. The number of hydrogen-bond acceptors (Lipinski definition) is 7. The molecule has 0 N–H and O–H groups in total. The van der Waals surface area contributed by atoms with Crippen LogP contribution in [0.4, 0.5) is 0 Å². The van der Waals surface area contributed by atoms with E-state index in [9.17, 15) is 9.90 Å². The number of carbonyl (C=O) groups excluding carboxylic acids is 1. The number of aryl methyl sites for hydroxylation is 3. The maximum absolute atomic E-state index is 12.0. The molecule has 2 aromatic heterocycles. The van der Waals surface area contributed by atoms with Crippen LogP contribution in [0.15, 0.2) is 15.6 Å². The van der Waals surface area contributed by atoms with Gasteiger partial charge in [0.15, 0.2) is 13.0 Å². The fourth-order valence-electron chi connectivity index (χ4n) is 1.85. The third-order valence-corrected chi connectivity index (χ3v) is 3.77. The number of thioether (sulfide) groups is 1. The summed E-state index contributed by atoms with van der Waals surface area (Å²) in [6, 6.07) is 3.89. The van der Waals surface area contributed by atoms with E-state index in [1.54, 1.807) is 6.07 Å². The average Bonchev–Trinajstić information content (AvgIpc) is 2.75. The van der Waals surface area contributed by atoms with Crippen molar-refractivity contribution in [3.05, 3.63) is 28.6 Å². The molecule has 0 atom stereocenters. The maximum atomic E-state index is 12.0. The SMILES string of the molecule is Cc1cc(C)c(C#N)c(SCC(=O)c2c([O-])on[n+]2C)n1. The zero-order valence-corrected chi connectivity index (χ0v) is 12.5. The molecular formula is C13H12N4O3S. The van der Waals surface area contributed by atoms with Crippen LogP contribution in [0, 0.1) is 25.2 Å². The molecule has 2 aromatic rings. The predicted molar refractivity (Wildman–Crippen MR) is 70.6 cm³/mol. The lowest BCUT2D eigenvalue weighted by molar-refractivity contribution is -0.741. The third-order valence-electron chi connectivity index (χ3n) is 2.79. The van der Waals surface area contributed by atoms with Crippen molar-refractivity contribution < 1.29 is 19.1 Å². The molecule has 0 unspecified atom stereocenters. The van der Waals surface area contributed by atoms with Gasteiger partial charge in [0.1, 0.15) is 11.1 Å². The maximum Gasteiger partial charge on any atom is 0.300 e. The number of rotatable bonds is 4. The molecule has 0 saturated heterocycles. The van der Waals surface area contributed by atoms with E-state index in [0.717, 1.165) is 27.7 Å². The van der Waals surface area contributed by atoms with Gasteiger partial charge in [0.05, 0.1) is 16.6 Å². The van der Waals surface area contributed by atoms with Crippen molar-refractivity contribution in [1.29, 1.82) is 5.26 Å². The van der Waals surface area contributed by atoms with Gasteiger partial charge < -0.3 is 9.63 Å². The van der Waals surface area contributed by atoms with Crippen LogP contribution in [-0.2, 0) is 7.05 Å². The number of nitrogens with zero attached hydrogens (tertiary/aromatic N) is 4. The number of nitriles is 1. The molecule has 108 valence electrons. The lowest BCUT2D eigenvalue weighted by Crippen LogP contribution is -2.37. The molecule has 0 fully saturated rings. The highest BCUT2D eigenvalue weighted by atomic mass is 32.2. The van der Waals surface area contributed by atoms with Crippen molar-refractivity contribution in [3.63, 3.8) is 0 Å². The average molecular weight is 304 g/mol. The van der Waals surface area contributed by atoms with E-state index in [1.807, 2.05) is 13.8 Å². The fraction of sp³-hybridized carbons (Fsp3) is 0.308. The normalized spacial score (nSPS) is 10.4. The Labute approximate surface area is 125 Å². The van der Waals surface area contributed by atoms with Crippen molar-refractivity contribution >= 4 is 17.5 Å². The first-order valence-corrected chi connectivity index (χ1v) is 7.00. The summed E-state index contributed by atoms with van der Waals surface area (Å²) in [5.41, 5.74) is 1.89. The summed E-state index contributed by atoms with van der Waals surface area (Å²) < 4.78 is 5.51. The highest BCUT2D eigenvalue weighted by Crippen LogP contribution is 2.24. The minimum Gasteiger partial charge on any atom is -0.539 e. The van der Waals surface area contributed by atoms with Gasteiger partial charge in [-0.25, -0.2) is 4.98 Å². The Kier molecular flexibility index (Phi) is 4.23. The highest BCUT2D eigenvalue weighted by Gasteiger charge is 2.23. The van der Waals surface area contributed by atoms with Crippen molar-refractivity contribution in [2.24, 2.45) is 7.05 Å². The van der Waals surface area contributed by atoms with Crippen LogP contribution in [-0.4, -0.2) is 21.8 Å². The van der Waals surface area contributed by atoms with Gasteiger partial charge in [-0.2, -0.15) is 5.26 Å². The van der Waals surface area contributed by atoms with Crippen LogP contribution in [0.1, 0.15) is 27.3 Å². The quantitative estimate of drug-likeness (QED) is 0.458. The zero-order valence-electron chi connectivity index (χ0n) is 11.7. The Morgan fingerprint density at radius 1 is 1.57 bits per heavy atom. The second-order valence-corrected chi connectivity index (χ2v) is 5.38. The summed E-state index contributed by atoms with van der Waals surface area (Å²) in [7, 11) is 1.46. The topological polar surface area (TPSA) is 107 Å². The Morgan fingerprint density at radius 2 is 2.29 bits per heavy atom. The summed E-state index contributed by atoms with van der Waals surface area (Å²) in [5.74, 6) is -1.20. The monoisotopic (exact) mass is 304 g/mol. The van der Waals surface area contributed by atoms with E-state index >= 15 is 0 Å². The number of aromatic nitrogens is 3. The van der Waals surface area contributed by atoms with Crippen LogP contribution >= 0.6 is 11.8 Å². The molecule has 7 nitrogen and oxygen atoms in total. The van der Waals surface area contributed by atoms with E-state index in [-0.39, 0.29) is 11.4 Å². The van der Waals surface area contributed by atoms with Gasteiger partial charge in [-0.15, -0.1) is 0 Å². The molecule has 0 bridgehead atoms. The molecule has 0 aliphatic heterocycles. The molecule has 8 heteroatoms. The summed E-state index contributed by atoms with van der Waals surface area (Å²) in [6.45, 7) is 3.63. The second kappa shape index (κ2) is 5.93. The molecule has 0 saturated carbocycles. The molecule has 0 radical (unpaired) electrons. The van der Waals surface area contributed by atoms with E-state index in [0.29, 0.717) is 10.6 Å². The summed E-state index contributed by atoms with van der Waals surface area (Å²) in [5, 5.41) is 24.4. The number of hydrogen-bond donors (Lipinski definition) is 0. The first kappa shape index (κ1) is 15.0. The highest BCUT2D eigenvalue weighted by molar-refractivity contribution is 8.00. The van der Waals surface area contributed by atoms with Gasteiger partial charge in [0.2, 0.25) is 5.78 Å². The number of Topliss-reactive ketones (excluding diaryl/α,β-unsaturated/α-hetero) is 1. The predicted octanol–water partition coefficient (Wildman–Crippen LogP) is 0.431. The van der Waals surface area contributed by atoms with E-state index in [4.69, 9.17) is 5.26 Å². The third kappa shape index (κ3) is 3.03. The van der Waals surface area contributed by atoms with Crippen LogP contribution < -0.4 is 9.79 Å². The Hall–Kier alpha value is -2.40. The van der Waals surface area contributed by atoms with Crippen LogP contribution in [0.5, 0.6) is 5.95 Å². The molecule has 21 heavy (non-hydrogen) atoms. The lowest BCUT2D eigenvalue weighted by atomic mass is 10.1. The molecule has 0 aliphatic rings. The van der Waals surface area contributed by atoms with Crippen molar-refractivity contribution in [2.45, 2.75) is 18.9 Å². The van der Waals surface area contributed by atoms with Crippen LogP contribution in [0.25, 0.3) is 0 Å². The van der Waals surface area contributed by atoms with Gasteiger partial charge >= 0.3 is 0 Å². The van der Waals surface area contributed by atoms with Crippen LogP contribution in [0.3, 0.4) is 0 Å². The summed E-state index contributed by atoms with van der Waals surface area (Å²) in [6.07, 6.45) is 0. The molecule has 0 aliphatic carbocycles. The van der Waals surface area contributed by atoms with Gasteiger partial charge in [0.25, 0.3) is 5.69 Å².